The number of aromatic amines is 1. The molecule has 0 bridgehead atoms. The minimum absolute atomic E-state index is 0.209. The molecule has 2 heterocycles. The van der Waals surface area contributed by atoms with Crippen molar-refractivity contribution in [3.63, 3.8) is 0 Å². The highest BCUT2D eigenvalue weighted by molar-refractivity contribution is 5.94. The Hall–Kier alpha value is -3.09. The monoisotopic (exact) mass is 383 g/mol. The van der Waals surface area contributed by atoms with Crippen LogP contribution in [0.25, 0.3) is 10.9 Å². The average molecular weight is 383 g/mol. The van der Waals surface area contributed by atoms with Crippen molar-refractivity contribution < 1.29 is 18.8 Å². The quantitative estimate of drug-likeness (QED) is 0.541. The van der Waals surface area contributed by atoms with Crippen LogP contribution in [0.5, 0.6) is 0 Å². The van der Waals surface area contributed by atoms with Gasteiger partial charge in [-0.15, -0.1) is 0 Å². The van der Waals surface area contributed by atoms with Crippen molar-refractivity contribution in [1.29, 1.82) is 0 Å². The van der Waals surface area contributed by atoms with E-state index in [1.165, 1.54) is 0 Å². The molecular formula is C21H25N3O4. The van der Waals surface area contributed by atoms with Crippen molar-refractivity contribution >= 4 is 28.6 Å². The smallest absolute Gasteiger partial charge is 0.306 e. The number of anilines is 1. The van der Waals surface area contributed by atoms with E-state index in [-0.39, 0.29) is 12.3 Å². The summed E-state index contributed by atoms with van der Waals surface area (Å²) in [6.45, 7) is 3.76. The molecule has 0 fully saturated rings. The second-order valence-corrected chi connectivity index (χ2v) is 6.79. The van der Waals surface area contributed by atoms with E-state index < -0.39 is 12.1 Å². The van der Waals surface area contributed by atoms with Gasteiger partial charge >= 0.3 is 5.97 Å². The first-order valence-electron chi connectivity index (χ1n) is 9.55. The number of para-hydroxylation sites is 1. The largest absolute Gasteiger partial charge is 0.452 e. The molecule has 3 rings (SSSR count). The van der Waals surface area contributed by atoms with Gasteiger partial charge in [0.2, 0.25) is 0 Å². The minimum atomic E-state index is -0.840. The van der Waals surface area contributed by atoms with Crippen LogP contribution in [-0.4, -0.2) is 28.1 Å². The third-order valence-electron chi connectivity index (χ3n) is 4.54. The maximum atomic E-state index is 12.5. The number of H-pyrrole nitrogens is 1. The minimum Gasteiger partial charge on any atom is -0.452 e. The van der Waals surface area contributed by atoms with Crippen molar-refractivity contribution in [1.82, 2.24) is 10.1 Å². The summed E-state index contributed by atoms with van der Waals surface area (Å²) >= 11 is 0. The molecule has 148 valence electrons. The number of hydrogen-bond acceptors (Lipinski definition) is 5. The number of rotatable bonds is 9. The van der Waals surface area contributed by atoms with Crippen LogP contribution in [0.1, 0.15) is 43.9 Å². The van der Waals surface area contributed by atoms with Gasteiger partial charge in [0.15, 0.2) is 11.9 Å². The molecule has 0 radical (unpaired) electrons. The normalized spacial score (nSPS) is 12.1. The van der Waals surface area contributed by atoms with Crippen LogP contribution < -0.4 is 5.32 Å². The van der Waals surface area contributed by atoms with Crippen molar-refractivity contribution in [3.05, 3.63) is 47.9 Å². The zero-order valence-corrected chi connectivity index (χ0v) is 16.2. The Kier molecular flexibility index (Phi) is 6.47. The number of nitrogens with zero attached hydrogens (tertiary/aromatic N) is 1. The molecular weight excluding hydrogens is 358 g/mol. The number of ether oxygens (including phenoxy) is 1. The van der Waals surface area contributed by atoms with Gasteiger partial charge < -0.3 is 19.6 Å². The number of fused-ring (bicyclic) bond motifs is 1. The molecule has 2 N–H and O–H groups in total. The summed E-state index contributed by atoms with van der Waals surface area (Å²) in [6, 6.07) is 9.56. The van der Waals surface area contributed by atoms with E-state index in [1.807, 2.05) is 37.4 Å². The van der Waals surface area contributed by atoms with E-state index in [1.54, 1.807) is 13.0 Å². The fourth-order valence-corrected chi connectivity index (χ4v) is 3.06. The number of unbranched alkanes of at least 4 members (excludes halogenated alkanes) is 1. The van der Waals surface area contributed by atoms with E-state index in [9.17, 15) is 9.59 Å². The molecule has 0 saturated carbocycles. The molecule has 0 aliphatic heterocycles. The molecule has 3 aromatic rings. The number of nitrogens with one attached hydrogen (secondary N) is 2. The second kappa shape index (κ2) is 9.21. The molecule has 28 heavy (non-hydrogen) atoms. The van der Waals surface area contributed by atoms with Crippen molar-refractivity contribution in [2.45, 2.75) is 52.1 Å². The molecule has 1 unspecified atom stereocenters. The maximum absolute atomic E-state index is 12.5. The first-order valence-corrected chi connectivity index (χ1v) is 9.55. The molecule has 7 nitrogen and oxygen atoms in total. The van der Waals surface area contributed by atoms with Crippen LogP contribution in [0, 0.1) is 6.92 Å². The van der Waals surface area contributed by atoms with E-state index in [2.05, 4.69) is 15.5 Å². The Bertz CT molecular complexity index is 944. The molecule has 2 aromatic heterocycles. The Morgan fingerprint density at radius 2 is 2.14 bits per heavy atom. The summed E-state index contributed by atoms with van der Waals surface area (Å²) in [7, 11) is 0. The molecule has 0 aliphatic carbocycles. The highest BCUT2D eigenvalue weighted by Gasteiger charge is 2.23. The third-order valence-corrected chi connectivity index (χ3v) is 4.54. The van der Waals surface area contributed by atoms with Crippen molar-refractivity contribution in [2.24, 2.45) is 0 Å². The molecule has 0 spiro atoms. The Balaban J connectivity index is 1.58. The lowest BCUT2D eigenvalue weighted by Crippen LogP contribution is -2.32. The summed E-state index contributed by atoms with van der Waals surface area (Å²) in [5, 5.41) is 7.49. The van der Waals surface area contributed by atoms with E-state index >= 15 is 0 Å². The fourth-order valence-electron chi connectivity index (χ4n) is 3.06. The average Bonchev–Trinajstić information content (AvgIpc) is 3.29. The van der Waals surface area contributed by atoms with Crippen LogP contribution in [0.15, 0.2) is 41.1 Å². The SMILES string of the molecule is CCCCC(OC(=O)CCc1c[nH]c2ccccc12)C(=O)Nc1cc(C)on1. The fraction of sp³-hybridized carbons (Fsp3) is 0.381. The van der Waals surface area contributed by atoms with Gasteiger partial charge in [0.25, 0.3) is 5.91 Å². The lowest BCUT2D eigenvalue weighted by Gasteiger charge is -2.16. The number of carbonyl (C=O) groups is 2. The Labute approximate surface area is 163 Å². The highest BCUT2D eigenvalue weighted by Crippen LogP contribution is 2.19. The zero-order valence-electron chi connectivity index (χ0n) is 16.2. The number of aromatic nitrogens is 2. The van der Waals surface area contributed by atoms with E-state index in [0.717, 1.165) is 29.3 Å². The predicted molar refractivity (Wildman–Crippen MR) is 106 cm³/mol. The lowest BCUT2D eigenvalue weighted by atomic mass is 10.1. The first-order chi connectivity index (χ1) is 13.6. The second-order valence-electron chi connectivity index (χ2n) is 6.79. The predicted octanol–water partition coefficient (Wildman–Crippen LogP) is 4.14. The number of aryl methyl sites for hydroxylation is 2. The Morgan fingerprint density at radius 3 is 2.89 bits per heavy atom. The van der Waals surface area contributed by atoms with Crippen LogP contribution in [0.4, 0.5) is 5.82 Å². The van der Waals surface area contributed by atoms with Crippen molar-refractivity contribution in [2.75, 3.05) is 5.32 Å². The summed E-state index contributed by atoms with van der Waals surface area (Å²) in [5.74, 6) is 0.134. The zero-order chi connectivity index (χ0) is 19.9. The molecule has 1 amide bonds. The van der Waals surface area contributed by atoms with Gasteiger partial charge in [-0.25, -0.2) is 0 Å². The third kappa shape index (κ3) is 5.00. The van der Waals surface area contributed by atoms with Gasteiger partial charge in [0.1, 0.15) is 5.76 Å². The lowest BCUT2D eigenvalue weighted by molar-refractivity contribution is -0.154. The standard InChI is InChI=1S/C21H25N3O4/c1-3-4-9-18(21(26)23-19-12-14(2)28-24-19)27-20(25)11-10-15-13-22-17-8-6-5-7-16(15)17/h5-8,12-13,18,22H,3-4,9-11H2,1-2H3,(H,23,24,26). The van der Waals surface area contributed by atoms with Gasteiger partial charge in [-0.2, -0.15) is 0 Å². The number of amides is 1. The number of benzene rings is 1. The highest BCUT2D eigenvalue weighted by atomic mass is 16.5. The molecule has 1 atom stereocenters. The summed E-state index contributed by atoms with van der Waals surface area (Å²) < 4.78 is 10.4. The van der Waals surface area contributed by atoms with Gasteiger partial charge in [-0.1, -0.05) is 36.7 Å². The van der Waals surface area contributed by atoms with Gasteiger partial charge in [-0.3, -0.25) is 9.59 Å². The van der Waals surface area contributed by atoms with Gasteiger partial charge in [0, 0.05) is 29.6 Å². The summed E-state index contributed by atoms with van der Waals surface area (Å²) in [6.07, 6.45) is 3.98. The van der Waals surface area contributed by atoms with Crippen LogP contribution in [0.2, 0.25) is 0 Å². The van der Waals surface area contributed by atoms with Gasteiger partial charge in [0.05, 0.1) is 0 Å². The van der Waals surface area contributed by atoms with Crippen LogP contribution in [0.3, 0.4) is 0 Å². The van der Waals surface area contributed by atoms with Crippen LogP contribution >= 0.6 is 0 Å². The summed E-state index contributed by atoms with van der Waals surface area (Å²) in [5.41, 5.74) is 2.09. The van der Waals surface area contributed by atoms with E-state index in [0.29, 0.717) is 24.4 Å². The number of carbonyl (C=O) groups excluding carboxylic acids is 2. The number of esters is 1. The maximum Gasteiger partial charge on any atom is 0.306 e. The summed E-state index contributed by atoms with van der Waals surface area (Å²) in [4.78, 5) is 28.1. The molecule has 0 aliphatic rings. The van der Waals surface area contributed by atoms with E-state index in [4.69, 9.17) is 9.26 Å². The topological polar surface area (TPSA) is 97.2 Å². The van der Waals surface area contributed by atoms with Gasteiger partial charge in [-0.05, 0) is 37.8 Å². The Morgan fingerprint density at radius 1 is 1.32 bits per heavy atom. The van der Waals surface area contributed by atoms with Crippen molar-refractivity contribution in [3.8, 4) is 0 Å². The molecule has 7 heteroatoms. The molecule has 1 aromatic carbocycles. The first kappa shape index (κ1) is 19.7. The molecule has 0 saturated heterocycles. The number of hydrogen-bond donors (Lipinski definition) is 2. The van der Waals surface area contributed by atoms with Crippen LogP contribution in [-0.2, 0) is 20.7 Å².